The maximum absolute atomic E-state index is 12.7. The van der Waals surface area contributed by atoms with Gasteiger partial charge in [0.25, 0.3) is 0 Å². The largest absolute Gasteiger partial charge is 0.497 e. The average Bonchev–Trinajstić information content (AvgIpc) is 3.00. The molecular weight excluding hydrogens is 316 g/mol. The van der Waals surface area contributed by atoms with Crippen LogP contribution in [0.25, 0.3) is 0 Å². The molecule has 0 saturated carbocycles. The summed E-state index contributed by atoms with van der Waals surface area (Å²) in [6.07, 6.45) is 7.44. The number of hydrogen-bond acceptors (Lipinski definition) is 5. The first-order valence-corrected chi connectivity index (χ1v) is 9.50. The van der Waals surface area contributed by atoms with Crippen LogP contribution in [0.15, 0.2) is 18.3 Å². The van der Waals surface area contributed by atoms with E-state index in [0.29, 0.717) is 23.9 Å². The van der Waals surface area contributed by atoms with Gasteiger partial charge in [-0.1, -0.05) is 0 Å². The highest BCUT2D eigenvalue weighted by atomic mass is 16.5. The van der Waals surface area contributed by atoms with Crippen LogP contribution in [-0.2, 0) is 4.79 Å². The van der Waals surface area contributed by atoms with Crippen LogP contribution in [0.5, 0.6) is 5.75 Å². The number of carbonyl (C=O) groups is 1. The Morgan fingerprint density at radius 1 is 1.24 bits per heavy atom. The summed E-state index contributed by atoms with van der Waals surface area (Å²) in [4.78, 5) is 21.4. The fourth-order valence-electron chi connectivity index (χ4n) is 4.60. The number of aromatic nitrogens is 1. The molecule has 3 saturated heterocycles. The van der Waals surface area contributed by atoms with Crippen LogP contribution in [0.2, 0.25) is 0 Å². The Kier molecular flexibility index (Phi) is 4.79. The van der Waals surface area contributed by atoms with Crippen molar-refractivity contribution in [1.29, 1.82) is 0 Å². The van der Waals surface area contributed by atoms with Crippen molar-refractivity contribution >= 4 is 11.7 Å². The molecule has 0 spiro atoms. The van der Waals surface area contributed by atoms with E-state index >= 15 is 0 Å². The van der Waals surface area contributed by atoms with Crippen LogP contribution in [0.4, 0.5) is 5.82 Å². The molecule has 1 aromatic heterocycles. The van der Waals surface area contributed by atoms with E-state index in [4.69, 9.17) is 4.74 Å². The maximum atomic E-state index is 12.7. The summed E-state index contributed by atoms with van der Waals surface area (Å²) in [6.45, 7) is 3.25. The second-order valence-electron chi connectivity index (χ2n) is 7.60. The molecule has 136 valence electrons. The third-order valence-corrected chi connectivity index (χ3v) is 5.94. The quantitative estimate of drug-likeness (QED) is 0.900. The lowest BCUT2D eigenvalue weighted by Crippen LogP contribution is -2.49. The lowest BCUT2D eigenvalue weighted by atomic mass is 9.89. The zero-order valence-corrected chi connectivity index (χ0v) is 15.0. The molecule has 3 aliphatic heterocycles. The van der Waals surface area contributed by atoms with Crippen molar-refractivity contribution in [2.45, 2.75) is 44.2 Å². The van der Waals surface area contributed by atoms with E-state index in [-0.39, 0.29) is 0 Å². The summed E-state index contributed by atoms with van der Waals surface area (Å²) >= 11 is 0. The van der Waals surface area contributed by atoms with Gasteiger partial charge in [-0.25, -0.2) is 4.98 Å². The molecule has 3 fully saturated rings. The molecule has 2 atom stereocenters. The predicted octanol–water partition coefficient (Wildman–Crippen LogP) is 1.66. The number of piperidine rings is 1. The van der Waals surface area contributed by atoms with Crippen molar-refractivity contribution in [2.75, 3.05) is 38.2 Å². The van der Waals surface area contributed by atoms with Crippen LogP contribution in [0.1, 0.15) is 32.1 Å². The Bertz CT molecular complexity index is 603. The minimum Gasteiger partial charge on any atom is -0.497 e. The Morgan fingerprint density at radius 3 is 2.64 bits per heavy atom. The molecule has 0 aromatic carbocycles. The van der Waals surface area contributed by atoms with Crippen LogP contribution in [0.3, 0.4) is 0 Å². The Labute approximate surface area is 149 Å². The van der Waals surface area contributed by atoms with Gasteiger partial charge in [0.15, 0.2) is 0 Å². The summed E-state index contributed by atoms with van der Waals surface area (Å²) < 4.78 is 5.28. The maximum Gasteiger partial charge on any atom is 0.222 e. The molecule has 4 heterocycles. The van der Waals surface area contributed by atoms with Crippen molar-refractivity contribution in [3.63, 3.8) is 0 Å². The number of piperazine rings is 1. The number of methoxy groups -OCH3 is 1. The highest BCUT2D eigenvalue weighted by Gasteiger charge is 2.35. The molecular formula is C19H28N4O2. The fraction of sp³-hybridized carbons (Fsp3) is 0.684. The number of nitrogens with one attached hydrogen (secondary N) is 1. The van der Waals surface area contributed by atoms with Gasteiger partial charge < -0.3 is 19.9 Å². The lowest BCUT2D eigenvalue weighted by molar-refractivity contribution is -0.132. The highest BCUT2D eigenvalue weighted by Crippen LogP contribution is 2.33. The van der Waals surface area contributed by atoms with Crippen LogP contribution < -0.4 is 15.0 Å². The minimum absolute atomic E-state index is 0.338. The third kappa shape index (κ3) is 3.73. The van der Waals surface area contributed by atoms with Crippen molar-refractivity contribution in [1.82, 2.24) is 15.2 Å². The van der Waals surface area contributed by atoms with Gasteiger partial charge in [0, 0.05) is 56.9 Å². The molecule has 1 N–H and O–H groups in total. The smallest absolute Gasteiger partial charge is 0.222 e. The topological polar surface area (TPSA) is 57.7 Å². The first-order valence-electron chi connectivity index (χ1n) is 9.50. The van der Waals surface area contributed by atoms with E-state index < -0.39 is 0 Å². The van der Waals surface area contributed by atoms with Gasteiger partial charge in [-0.2, -0.15) is 0 Å². The minimum atomic E-state index is 0.338. The Balaban J connectivity index is 1.28. The molecule has 1 amide bonds. The normalized spacial score (nSPS) is 28.9. The number of hydrogen-bond donors (Lipinski definition) is 1. The molecule has 6 heteroatoms. The first kappa shape index (κ1) is 16.6. The van der Waals surface area contributed by atoms with Crippen LogP contribution in [0, 0.1) is 5.92 Å². The van der Waals surface area contributed by atoms with Crippen molar-refractivity contribution < 1.29 is 9.53 Å². The van der Waals surface area contributed by atoms with Crippen molar-refractivity contribution in [2.24, 2.45) is 5.92 Å². The van der Waals surface area contributed by atoms with Crippen LogP contribution >= 0.6 is 0 Å². The molecule has 2 unspecified atom stereocenters. The number of fused-ring (bicyclic) bond motifs is 2. The number of amides is 1. The van der Waals surface area contributed by atoms with Gasteiger partial charge in [0.1, 0.15) is 11.6 Å². The molecule has 1 aromatic rings. The molecule has 0 aliphatic carbocycles. The van der Waals surface area contributed by atoms with Gasteiger partial charge in [0.05, 0.1) is 7.11 Å². The summed E-state index contributed by atoms with van der Waals surface area (Å²) in [7, 11) is 1.67. The number of nitrogens with zero attached hydrogens (tertiary/aromatic N) is 3. The van der Waals surface area contributed by atoms with Crippen molar-refractivity contribution in [3.05, 3.63) is 18.3 Å². The van der Waals surface area contributed by atoms with Gasteiger partial charge in [-0.05, 0) is 37.7 Å². The fourth-order valence-corrected chi connectivity index (χ4v) is 4.60. The van der Waals surface area contributed by atoms with Gasteiger partial charge in [-0.15, -0.1) is 0 Å². The second kappa shape index (κ2) is 7.20. The summed E-state index contributed by atoms with van der Waals surface area (Å²) in [5.41, 5.74) is 0. The molecule has 6 nitrogen and oxygen atoms in total. The zero-order valence-electron chi connectivity index (χ0n) is 15.0. The number of anilines is 1. The van der Waals surface area contributed by atoms with E-state index in [0.717, 1.165) is 44.2 Å². The summed E-state index contributed by atoms with van der Waals surface area (Å²) in [6, 6.07) is 5.14. The number of carbonyl (C=O) groups excluding carboxylic acids is 1. The molecule has 0 radical (unpaired) electrons. The predicted molar refractivity (Wildman–Crippen MR) is 96.9 cm³/mol. The van der Waals surface area contributed by atoms with E-state index in [1.54, 1.807) is 13.3 Å². The van der Waals surface area contributed by atoms with Crippen LogP contribution in [-0.4, -0.2) is 61.2 Å². The highest BCUT2D eigenvalue weighted by molar-refractivity contribution is 5.76. The Hall–Kier alpha value is -1.82. The molecule has 2 bridgehead atoms. The standard InChI is InChI=1S/C19H28N4O2/c1-25-17-4-5-20-18(13-17)22-6-8-23(9-7-22)19(24)12-14-10-15-2-3-16(11-14)21-15/h4-5,13-16,21H,2-3,6-12H2,1H3. The summed E-state index contributed by atoms with van der Waals surface area (Å²) in [5.74, 6) is 2.67. The molecule has 3 aliphatic rings. The van der Waals surface area contributed by atoms with Crippen molar-refractivity contribution in [3.8, 4) is 5.75 Å². The second-order valence-corrected chi connectivity index (χ2v) is 7.60. The number of rotatable bonds is 4. The molecule has 25 heavy (non-hydrogen) atoms. The van der Waals surface area contributed by atoms with Gasteiger partial charge in [0.2, 0.25) is 5.91 Å². The lowest BCUT2D eigenvalue weighted by Gasteiger charge is -2.37. The first-order chi connectivity index (χ1) is 12.2. The van der Waals surface area contributed by atoms with E-state index in [2.05, 4.69) is 15.2 Å². The monoisotopic (exact) mass is 344 g/mol. The SMILES string of the molecule is COc1ccnc(N2CCN(C(=O)CC3CC4CCC(C3)N4)CC2)c1. The zero-order chi connectivity index (χ0) is 17.2. The van der Waals surface area contributed by atoms with E-state index in [9.17, 15) is 4.79 Å². The summed E-state index contributed by atoms with van der Waals surface area (Å²) in [5, 5.41) is 3.66. The van der Waals surface area contributed by atoms with E-state index in [1.165, 1.54) is 25.7 Å². The molecule has 4 rings (SSSR count). The van der Waals surface area contributed by atoms with Gasteiger partial charge in [-0.3, -0.25) is 4.79 Å². The third-order valence-electron chi connectivity index (χ3n) is 5.94. The number of pyridine rings is 1. The van der Waals surface area contributed by atoms with E-state index in [1.807, 2.05) is 17.0 Å². The average molecular weight is 344 g/mol. The Morgan fingerprint density at radius 2 is 1.96 bits per heavy atom. The van der Waals surface area contributed by atoms with Gasteiger partial charge >= 0.3 is 0 Å². The number of ether oxygens (including phenoxy) is 1.